The molecule has 0 aliphatic carbocycles. The minimum absolute atomic E-state index is 0. The average molecular weight is 249 g/mol. The van der Waals surface area contributed by atoms with Gasteiger partial charge in [-0.15, -0.1) is 29.9 Å². The number of aromatic nitrogens is 2. The summed E-state index contributed by atoms with van der Waals surface area (Å²) < 4.78 is 3.94. The highest BCUT2D eigenvalue weighted by atomic mass is 35.5. The van der Waals surface area contributed by atoms with Gasteiger partial charge in [0.15, 0.2) is 0 Å². The van der Waals surface area contributed by atoms with E-state index in [9.17, 15) is 0 Å². The predicted molar refractivity (Wildman–Crippen MR) is 66.1 cm³/mol. The lowest BCUT2D eigenvalue weighted by atomic mass is 10.3. The first-order valence-corrected chi connectivity index (χ1v) is 4.10. The van der Waals surface area contributed by atoms with Crippen molar-refractivity contribution in [1.29, 1.82) is 0 Å². The van der Waals surface area contributed by atoms with E-state index in [1.54, 1.807) is 0 Å². The highest BCUT2D eigenvalue weighted by Gasteiger charge is 2.03. The van der Waals surface area contributed by atoms with E-state index in [1.807, 2.05) is 47.5 Å². The Morgan fingerprint density at radius 3 is 1.73 bits per heavy atom. The van der Waals surface area contributed by atoms with E-state index < -0.39 is 0 Å². The van der Waals surface area contributed by atoms with Crippen molar-refractivity contribution < 1.29 is 0 Å². The van der Waals surface area contributed by atoms with Crippen molar-refractivity contribution in [2.45, 2.75) is 0 Å². The molecule has 6 heteroatoms. The topological polar surface area (TPSA) is 48.2 Å². The highest BCUT2D eigenvalue weighted by molar-refractivity contribution is 5.85. The Balaban J connectivity index is 0.000000980. The van der Waals surface area contributed by atoms with Crippen molar-refractivity contribution in [1.82, 2.24) is 9.13 Å². The van der Waals surface area contributed by atoms with Crippen LogP contribution < -0.4 is 11.5 Å². The fourth-order valence-corrected chi connectivity index (χ4v) is 1.65. The number of para-hydroxylation sites is 2. The molecule has 2 rings (SSSR count). The Labute approximate surface area is 100 Å². The fourth-order valence-electron chi connectivity index (χ4n) is 1.65. The van der Waals surface area contributed by atoms with Crippen LogP contribution in [0.5, 0.6) is 0 Å². The number of benzene rings is 1. The molecule has 2 N–H and O–H groups in total. The molecule has 0 saturated carbocycles. The number of halogens is 2. The molecule has 4 nitrogen and oxygen atoms in total. The van der Waals surface area contributed by atoms with Gasteiger partial charge in [0.2, 0.25) is 5.62 Å². The first-order valence-electron chi connectivity index (χ1n) is 4.10. The van der Waals surface area contributed by atoms with Crippen LogP contribution in [0.15, 0.2) is 29.4 Å². The Morgan fingerprint density at radius 2 is 1.40 bits per heavy atom. The molecular weight excluding hydrogens is 235 g/mol. The maximum Gasteiger partial charge on any atom is 0.227 e. The maximum absolute atomic E-state index is 5.30. The summed E-state index contributed by atoms with van der Waals surface area (Å²) in [6, 6.07) is 8.10. The van der Waals surface area contributed by atoms with Gasteiger partial charge < -0.3 is 15.0 Å². The van der Waals surface area contributed by atoms with Gasteiger partial charge in [-0.1, -0.05) is 12.1 Å². The van der Waals surface area contributed by atoms with Crippen LogP contribution in [0.1, 0.15) is 0 Å². The second-order valence-corrected chi connectivity index (χ2v) is 3.04. The largest absolute Gasteiger partial charge is 0.320 e. The average Bonchev–Trinajstić information content (AvgIpc) is 2.41. The van der Waals surface area contributed by atoms with Crippen LogP contribution in [0.2, 0.25) is 0 Å². The van der Waals surface area contributed by atoms with Gasteiger partial charge in [-0.2, -0.15) is 0 Å². The Kier molecular flexibility index (Phi) is 4.71. The van der Waals surface area contributed by atoms with E-state index in [1.165, 1.54) is 0 Å². The van der Waals surface area contributed by atoms with Gasteiger partial charge in [-0.25, -0.2) is 0 Å². The zero-order valence-corrected chi connectivity index (χ0v) is 10.2. The zero-order chi connectivity index (χ0) is 9.42. The number of nitrogens with two attached hydrogens (primary N) is 1. The smallest absolute Gasteiger partial charge is 0.227 e. The fraction of sp³-hybridized carbons (Fsp3) is 0.222. The molecule has 0 aliphatic rings. The molecular formula is C9H14Cl2N4. The third kappa shape index (κ3) is 1.96. The summed E-state index contributed by atoms with van der Waals surface area (Å²) in [6.45, 7) is 0. The number of aryl methyl sites for hydroxylation is 2. The Bertz CT molecular complexity index is 470. The number of rotatable bonds is 0. The van der Waals surface area contributed by atoms with E-state index in [-0.39, 0.29) is 24.8 Å². The molecule has 0 atom stereocenters. The highest BCUT2D eigenvalue weighted by Crippen LogP contribution is 2.09. The molecule has 0 fully saturated rings. The summed E-state index contributed by atoms with van der Waals surface area (Å²) in [5.41, 5.74) is 3.03. The number of nitrogens with zero attached hydrogens (tertiary/aromatic N) is 3. The normalized spacial score (nSPS) is 9.20. The molecule has 0 amide bonds. The molecule has 0 spiro atoms. The lowest BCUT2D eigenvalue weighted by Gasteiger charge is -1.91. The third-order valence-electron chi connectivity index (χ3n) is 2.32. The standard InChI is InChI=1S/C9H12N4.2ClH/c1-12-7-5-3-4-6-8(7)13(2)9(12)11-10;;/h3-6H,10H2,1-2H3;2*1H. The van der Waals surface area contributed by atoms with Crippen molar-refractivity contribution in [2.24, 2.45) is 25.0 Å². The zero-order valence-electron chi connectivity index (χ0n) is 8.54. The van der Waals surface area contributed by atoms with Gasteiger partial charge in [0.1, 0.15) is 0 Å². The maximum atomic E-state index is 5.30. The van der Waals surface area contributed by atoms with Crippen molar-refractivity contribution >= 4 is 35.8 Å². The van der Waals surface area contributed by atoms with Crippen molar-refractivity contribution in [2.75, 3.05) is 0 Å². The summed E-state index contributed by atoms with van der Waals surface area (Å²) in [7, 11) is 3.90. The second kappa shape index (κ2) is 5.09. The SMILES string of the molecule is Cl.Cl.Cn1c(=NN)n(C)c2ccccc21. The molecule has 0 bridgehead atoms. The number of hydrogen-bond donors (Lipinski definition) is 1. The lowest BCUT2D eigenvalue weighted by Crippen LogP contribution is -2.23. The van der Waals surface area contributed by atoms with Gasteiger partial charge in [-0.05, 0) is 12.1 Å². The van der Waals surface area contributed by atoms with Crippen LogP contribution in [0, 0.1) is 0 Å². The summed E-state index contributed by atoms with van der Waals surface area (Å²) in [5, 5.41) is 3.73. The van der Waals surface area contributed by atoms with Crippen LogP contribution in [0.3, 0.4) is 0 Å². The van der Waals surface area contributed by atoms with E-state index in [2.05, 4.69) is 5.10 Å². The minimum Gasteiger partial charge on any atom is -0.320 e. The van der Waals surface area contributed by atoms with E-state index in [0.29, 0.717) is 0 Å². The van der Waals surface area contributed by atoms with Gasteiger partial charge in [-0.3, -0.25) is 0 Å². The molecule has 0 radical (unpaired) electrons. The van der Waals surface area contributed by atoms with Gasteiger partial charge >= 0.3 is 0 Å². The predicted octanol–water partition coefficient (Wildman–Crippen LogP) is 1.13. The molecule has 84 valence electrons. The van der Waals surface area contributed by atoms with Crippen molar-refractivity contribution in [3.63, 3.8) is 0 Å². The molecule has 1 aromatic heterocycles. The van der Waals surface area contributed by atoms with Crippen LogP contribution in [-0.4, -0.2) is 9.13 Å². The summed E-state index contributed by atoms with van der Waals surface area (Å²) in [5.74, 6) is 5.30. The monoisotopic (exact) mass is 248 g/mol. The van der Waals surface area contributed by atoms with Crippen molar-refractivity contribution in [3.05, 3.63) is 29.9 Å². The van der Waals surface area contributed by atoms with Crippen LogP contribution in [-0.2, 0) is 14.1 Å². The number of hydrogen-bond acceptors (Lipinski definition) is 2. The second-order valence-electron chi connectivity index (χ2n) is 3.04. The van der Waals surface area contributed by atoms with E-state index in [4.69, 9.17) is 5.84 Å². The molecule has 2 aromatic rings. The number of imidazole rings is 1. The Morgan fingerprint density at radius 1 is 1.00 bits per heavy atom. The summed E-state index contributed by atoms with van der Waals surface area (Å²) >= 11 is 0. The third-order valence-corrected chi connectivity index (χ3v) is 2.32. The van der Waals surface area contributed by atoms with Crippen LogP contribution in [0.4, 0.5) is 0 Å². The molecule has 1 heterocycles. The van der Waals surface area contributed by atoms with Crippen LogP contribution in [0.25, 0.3) is 11.0 Å². The molecule has 0 unspecified atom stereocenters. The van der Waals surface area contributed by atoms with Crippen molar-refractivity contribution in [3.8, 4) is 0 Å². The van der Waals surface area contributed by atoms with Gasteiger partial charge in [0.05, 0.1) is 11.0 Å². The lowest BCUT2D eigenvalue weighted by molar-refractivity contribution is 0.744. The minimum atomic E-state index is 0. The molecule has 0 aliphatic heterocycles. The van der Waals surface area contributed by atoms with Gasteiger partial charge in [0.25, 0.3) is 0 Å². The first kappa shape index (κ1) is 13.9. The summed E-state index contributed by atoms with van der Waals surface area (Å²) in [4.78, 5) is 0. The molecule has 15 heavy (non-hydrogen) atoms. The Hall–Kier alpha value is -1.13. The quantitative estimate of drug-likeness (QED) is 0.552. The van der Waals surface area contributed by atoms with E-state index >= 15 is 0 Å². The first-order chi connectivity index (χ1) is 6.25. The molecule has 1 aromatic carbocycles. The van der Waals surface area contributed by atoms with Gasteiger partial charge in [0, 0.05) is 14.1 Å². The molecule has 0 saturated heterocycles. The summed E-state index contributed by atoms with van der Waals surface area (Å²) in [6.07, 6.45) is 0. The number of fused-ring (bicyclic) bond motifs is 1. The van der Waals surface area contributed by atoms with Crippen LogP contribution >= 0.6 is 24.8 Å². The van der Waals surface area contributed by atoms with E-state index in [0.717, 1.165) is 16.7 Å².